The highest BCUT2D eigenvalue weighted by atomic mass is 19.3. The van der Waals surface area contributed by atoms with Gasteiger partial charge in [-0.15, -0.1) is 0 Å². The van der Waals surface area contributed by atoms with Crippen molar-refractivity contribution in [3.8, 4) is 16.9 Å². The van der Waals surface area contributed by atoms with Crippen LogP contribution in [0.1, 0.15) is 45.0 Å². The number of likely N-dealkylation sites (tertiary alicyclic amines) is 1. The van der Waals surface area contributed by atoms with Crippen LogP contribution in [0.5, 0.6) is 5.75 Å². The molecular weight excluding hydrogens is 602 g/mol. The Morgan fingerprint density at radius 3 is 2.39 bits per heavy atom. The minimum absolute atomic E-state index is 0.0255. The monoisotopic (exact) mass is 638 g/mol. The molecule has 2 amide bonds. The Hall–Kier alpha value is -4.85. The number of hydrogen-bond donors (Lipinski definition) is 2. The summed E-state index contributed by atoms with van der Waals surface area (Å²) in [4.78, 5) is 47.9. The minimum Gasteiger partial charge on any atom is -0.444 e. The molecule has 0 spiro atoms. The number of halogens is 2. The highest BCUT2D eigenvalue weighted by Gasteiger charge is 2.38. The largest absolute Gasteiger partial charge is 0.444 e. The third-order valence-corrected chi connectivity index (χ3v) is 7.80. The van der Waals surface area contributed by atoms with Crippen molar-refractivity contribution in [1.29, 1.82) is 0 Å². The van der Waals surface area contributed by atoms with Gasteiger partial charge in [0.15, 0.2) is 5.82 Å². The number of amides is 2. The van der Waals surface area contributed by atoms with E-state index < -0.39 is 23.9 Å². The summed E-state index contributed by atoms with van der Waals surface area (Å²) in [7, 11) is 1.60. The second kappa shape index (κ2) is 12.9. The van der Waals surface area contributed by atoms with Gasteiger partial charge in [-0.3, -0.25) is 19.0 Å². The van der Waals surface area contributed by atoms with E-state index in [0.29, 0.717) is 27.6 Å². The molecule has 2 aromatic carbocycles. The Kier molecular flexibility index (Phi) is 9.10. The quantitative estimate of drug-likeness (QED) is 0.297. The number of ether oxygens (including phenoxy) is 2. The molecule has 5 rings (SSSR count). The van der Waals surface area contributed by atoms with Gasteiger partial charge in [-0.1, -0.05) is 24.3 Å². The predicted molar refractivity (Wildman–Crippen MR) is 164 cm³/mol. The lowest BCUT2D eigenvalue weighted by atomic mass is 9.90. The lowest BCUT2D eigenvalue weighted by molar-refractivity contribution is -0.135. The first-order valence-corrected chi connectivity index (χ1v) is 14.8. The number of carbonyl (C=O) groups is 2. The first-order chi connectivity index (χ1) is 21.7. The lowest BCUT2D eigenvalue weighted by Crippen LogP contribution is -2.49. The van der Waals surface area contributed by atoms with Crippen LogP contribution in [-0.4, -0.2) is 73.2 Å². The number of benzene rings is 2. The summed E-state index contributed by atoms with van der Waals surface area (Å²) in [5, 5.41) is 14.2. The Balaban J connectivity index is 1.29. The average Bonchev–Trinajstić information content (AvgIpc) is 3.24. The summed E-state index contributed by atoms with van der Waals surface area (Å²) in [5.74, 6) is -0.0369. The van der Waals surface area contributed by atoms with E-state index in [1.807, 2.05) is 0 Å². The van der Waals surface area contributed by atoms with Crippen LogP contribution < -0.4 is 15.6 Å². The third kappa shape index (κ3) is 7.17. The molecule has 12 nitrogen and oxygen atoms in total. The number of alkyl halides is 2. The smallest absolute Gasteiger partial charge is 0.408 e. The molecule has 4 aromatic rings. The van der Waals surface area contributed by atoms with E-state index in [1.54, 1.807) is 86.2 Å². The third-order valence-electron chi connectivity index (χ3n) is 7.80. The van der Waals surface area contributed by atoms with Crippen LogP contribution in [0, 0.1) is 0 Å². The molecule has 14 heteroatoms. The zero-order valence-corrected chi connectivity index (χ0v) is 26.0. The highest BCUT2D eigenvalue weighted by Crippen LogP contribution is 2.32. The van der Waals surface area contributed by atoms with Crippen LogP contribution in [0.4, 0.5) is 13.6 Å². The molecule has 0 aliphatic carbocycles. The van der Waals surface area contributed by atoms with Crippen LogP contribution in [0.3, 0.4) is 0 Å². The number of hydrogen-bond acceptors (Lipinski definition) is 8. The Labute approximate surface area is 263 Å². The van der Waals surface area contributed by atoms with Gasteiger partial charge in [0.2, 0.25) is 5.91 Å². The Bertz CT molecular complexity index is 1790. The van der Waals surface area contributed by atoms with Crippen molar-refractivity contribution in [2.24, 2.45) is 7.05 Å². The zero-order valence-electron chi connectivity index (χ0n) is 26.0. The maximum atomic E-state index is 13.0. The molecule has 0 radical (unpaired) electrons. The van der Waals surface area contributed by atoms with Crippen molar-refractivity contribution >= 4 is 22.9 Å². The van der Waals surface area contributed by atoms with Gasteiger partial charge in [-0.25, -0.2) is 14.8 Å². The van der Waals surface area contributed by atoms with Crippen LogP contribution in [0.25, 0.3) is 22.0 Å². The predicted octanol–water partition coefficient (Wildman–Crippen LogP) is 3.78. The maximum Gasteiger partial charge on any atom is 0.408 e. The van der Waals surface area contributed by atoms with Crippen molar-refractivity contribution in [2.75, 3.05) is 19.6 Å². The highest BCUT2D eigenvalue weighted by molar-refractivity contribution is 5.84. The van der Waals surface area contributed by atoms with Gasteiger partial charge in [0, 0.05) is 56.5 Å². The van der Waals surface area contributed by atoms with E-state index in [2.05, 4.69) is 20.0 Å². The van der Waals surface area contributed by atoms with Gasteiger partial charge in [-0.2, -0.15) is 8.78 Å². The van der Waals surface area contributed by atoms with E-state index in [9.17, 15) is 28.3 Å². The Morgan fingerprint density at radius 2 is 1.74 bits per heavy atom. The van der Waals surface area contributed by atoms with Crippen molar-refractivity contribution in [3.05, 3.63) is 76.6 Å². The molecule has 2 N–H and O–H groups in total. The van der Waals surface area contributed by atoms with Gasteiger partial charge in [-0.05, 0) is 44.5 Å². The fraction of sp³-hybridized carbons (Fsp3) is 0.406. The first-order valence-electron chi connectivity index (χ1n) is 14.8. The van der Waals surface area contributed by atoms with Crippen LogP contribution in [0.2, 0.25) is 0 Å². The maximum absolute atomic E-state index is 13.0. The molecule has 46 heavy (non-hydrogen) atoms. The van der Waals surface area contributed by atoms with E-state index in [4.69, 9.17) is 4.74 Å². The van der Waals surface area contributed by atoms with Crippen LogP contribution in [0.15, 0.2) is 59.7 Å². The molecule has 1 saturated heterocycles. The molecule has 244 valence electrons. The molecular formula is C32H36F2N6O6. The van der Waals surface area contributed by atoms with Gasteiger partial charge in [0.1, 0.15) is 23.5 Å². The second-order valence-corrected chi connectivity index (χ2v) is 12.2. The standard InChI is InChI=1S/C32H36F2N6O6/c1-31(2,3)46-30(43)37-18-26(41)39-13-11-32(44,12-14-39)28-35-16-22(17-36-28)20-9-10-23-24(15-20)40(38(4)27(23)42)19-21-7-5-6-8-25(21)45-29(33)34/h5-10,15-17,29,44H,11-14,18-19H2,1-4H3,(H,37,43). The zero-order chi connectivity index (χ0) is 33.2. The SMILES string of the molecule is Cn1c(=O)c2ccc(-c3cnc(C4(O)CCN(C(=O)CNC(=O)OC(C)(C)C)CC4)nc3)cc2n1Cc1ccccc1OC(F)F. The van der Waals surface area contributed by atoms with Gasteiger partial charge in [0.05, 0.1) is 17.4 Å². The number of alkyl carbamates (subject to hydrolysis) is 1. The number of nitrogens with zero attached hydrogens (tertiary/aromatic N) is 5. The number of piperidine rings is 1. The molecule has 0 atom stereocenters. The number of para-hydroxylation sites is 1. The van der Waals surface area contributed by atoms with E-state index in [0.717, 1.165) is 0 Å². The number of aromatic nitrogens is 4. The van der Waals surface area contributed by atoms with Gasteiger partial charge < -0.3 is 24.8 Å². The lowest BCUT2D eigenvalue weighted by Gasteiger charge is -2.37. The number of carbonyl (C=O) groups excluding carboxylic acids is 2. The topological polar surface area (TPSA) is 141 Å². The van der Waals surface area contributed by atoms with Crippen molar-refractivity contribution < 1.29 is 33.0 Å². The van der Waals surface area contributed by atoms with Crippen molar-refractivity contribution in [3.63, 3.8) is 0 Å². The molecule has 2 aromatic heterocycles. The Morgan fingerprint density at radius 1 is 1.07 bits per heavy atom. The summed E-state index contributed by atoms with van der Waals surface area (Å²) in [6.07, 6.45) is 2.91. The number of nitrogens with one attached hydrogen (secondary N) is 1. The molecule has 1 fully saturated rings. The van der Waals surface area contributed by atoms with Crippen molar-refractivity contribution in [1.82, 2.24) is 29.5 Å². The molecule has 0 bridgehead atoms. The normalized spacial score (nSPS) is 14.8. The van der Waals surface area contributed by atoms with Gasteiger partial charge >= 0.3 is 12.7 Å². The van der Waals surface area contributed by atoms with E-state index >= 15 is 0 Å². The summed E-state index contributed by atoms with van der Waals surface area (Å²) in [6.45, 7) is 2.62. The van der Waals surface area contributed by atoms with E-state index in [1.165, 1.54) is 10.7 Å². The number of aliphatic hydroxyl groups is 1. The van der Waals surface area contributed by atoms with Gasteiger partial charge in [0.25, 0.3) is 5.56 Å². The van der Waals surface area contributed by atoms with Crippen LogP contribution >= 0.6 is 0 Å². The number of fused-ring (bicyclic) bond motifs is 1. The van der Waals surface area contributed by atoms with Crippen LogP contribution in [-0.2, 0) is 28.7 Å². The molecule has 1 aliphatic rings. The minimum atomic E-state index is -2.98. The number of rotatable bonds is 8. The summed E-state index contributed by atoms with van der Waals surface area (Å²) >= 11 is 0. The summed E-state index contributed by atoms with van der Waals surface area (Å²) in [5.41, 5.74) is 0.147. The first kappa shape index (κ1) is 32.5. The molecule has 0 saturated carbocycles. The fourth-order valence-corrected chi connectivity index (χ4v) is 5.39. The van der Waals surface area contributed by atoms with E-state index in [-0.39, 0.29) is 62.1 Å². The molecule has 1 aliphatic heterocycles. The molecule has 0 unspecified atom stereocenters. The second-order valence-electron chi connectivity index (χ2n) is 12.2. The van der Waals surface area contributed by atoms with Crippen molar-refractivity contribution in [2.45, 2.75) is 58.0 Å². The summed E-state index contributed by atoms with van der Waals surface area (Å²) in [6, 6.07) is 11.7. The fourth-order valence-electron chi connectivity index (χ4n) is 5.39. The molecule has 3 heterocycles. The summed E-state index contributed by atoms with van der Waals surface area (Å²) < 4.78 is 38.9. The average molecular weight is 639 g/mol.